The first-order valence-electron chi connectivity index (χ1n) is 9.51. The van der Waals surface area contributed by atoms with Gasteiger partial charge in [-0.1, -0.05) is 39.4 Å². The van der Waals surface area contributed by atoms with Gasteiger partial charge in [0, 0.05) is 37.1 Å². The number of amides is 2. The lowest BCUT2D eigenvalue weighted by atomic mass is 9.97. The highest BCUT2D eigenvalue weighted by Gasteiger charge is 2.29. The molecule has 0 saturated carbocycles. The Morgan fingerprint density at radius 2 is 2.11 bits per heavy atom. The second-order valence-electron chi connectivity index (χ2n) is 7.15. The first-order chi connectivity index (χ1) is 13.6. The van der Waals surface area contributed by atoms with Crippen LogP contribution in [0.25, 0.3) is 0 Å². The van der Waals surface area contributed by atoms with Gasteiger partial charge in [0.1, 0.15) is 0 Å². The summed E-state index contributed by atoms with van der Waals surface area (Å²) in [5.74, 6) is 0.122. The normalized spacial score (nSPS) is 19.9. The zero-order valence-corrected chi connectivity index (χ0v) is 17.8. The number of hydrogen-bond donors (Lipinski definition) is 1. The molecule has 0 radical (unpaired) electrons. The molecular formula is C19H22BrN5O2S. The third-order valence-electron chi connectivity index (χ3n) is 5.13. The fourth-order valence-corrected chi connectivity index (χ4v) is 5.01. The van der Waals surface area contributed by atoms with Gasteiger partial charge in [-0.15, -0.1) is 10.2 Å². The number of carbonyl (C=O) groups is 2. The number of nitrogens with one attached hydrogen (secondary N) is 1. The van der Waals surface area contributed by atoms with Crippen molar-refractivity contribution in [2.75, 3.05) is 29.4 Å². The number of aromatic nitrogens is 2. The van der Waals surface area contributed by atoms with Gasteiger partial charge in [-0.25, -0.2) is 0 Å². The number of halogens is 1. The van der Waals surface area contributed by atoms with E-state index in [1.807, 2.05) is 24.3 Å². The number of benzene rings is 1. The maximum Gasteiger partial charge on any atom is 0.228 e. The average molecular weight is 464 g/mol. The van der Waals surface area contributed by atoms with Crippen molar-refractivity contribution in [1.29, 1.82) is 0 Å². The van der Waals surface area contributed by atoms with Gasteiger partial charge in [0.2, 0.25) is 22.1 Å². The summed E-state index contributed by atoms with van der Waals surface area (Å²) < 4.78 is 1.01. The monoisotopic (exact) mass is 463 g/mol. The van der Waals surface area contributed by atoms with Crippen molar-refractivity contribution in [3.63, 3.8) is 0 Å². The standard InChI is InChI=1S/C19H22BrN5O2S/c20-15-6-1-4-13(10-15)11-21-17(27)14-5-2-8-24(12-14)18-22-23-19(28-18)25-9-3-7-16(25)26/h1,4,6,10,14H,2-3,5,7-9,11-12H2,(H,21,27)/t14-/m0/s1. The minimum atomic E-state index is -0.0679. The summed E-state index contributed by atoms with van der Waals surface area (Å²) in [5.41, 5.74) is 1.07. The Morgan fingerprint density at radius 1 is 1.25 bits per heavy atom. The van der Waals surface area contributed by atoms with Crippen LogP contribution in [0.15, 0.2) is 28.7 Å². The summed E-state index contributed by atoms with van der Waals surface area (Å²) in [4.78, 5) is 28.4. The van der Waals surface area contributed by atoms with Gasteiger partial charge >= 0.3 is 0 Å². The van der Waals surface area contributed by atoms with Crippen LogP contribution in [0.1, 0.15) is 31.2 Å². The average Bonchev–Trinajstić information content (AvgIpc) is 3.35. The molecule has 2 saturated heterocycles. The van der Waals surface area contributed by atoms with Crippen molar-refractivity contribution in [3.05, 3.63) is 34.3 Å². The van der Waals surface area contributed by atoms with Gasteiger partial charge in [0.05, 0.1) is 5.92 Å². The van der Waals surface area contributed by atoms with Gasteiger partial charge < -0.3 is 10.2 Å². The minimum Gasteiger partial charge on any atom is -0.352 e. The molecule has 3 heterocycles. The minimum absolute atomic E-state index is 0.0679. The Kier molecular flexibility index (Phi) is 5.91. The molecule has 4 rings (SSSR count). The quantitative estimate of drug-likeness (QED) is 0.737. The number of carbonyl (C=O) groups excluding carboxylic acids is 2. The predicted molar refractivity (Wildman–Crippen MR) is 112 cm³/mol. The Labute approximate surface area is 176 Å². The SMILES string of the molecule is O=C(NCc1cccc(Br)c1)[C@H]1CCCN(c2nnc(N3CCCC3=O)s2)C1. The van der Waals surface area contributed by atoms with Gasteiger partial charge in [0.15, 0.2) is 0 Å². The summed E-state index contributed by atoms with van der Waals surface area (Å²) in [6.45, 7) is 2.73. The fraction of sp³-hybridized carbons (Fsp3) is 0.474. The number of rotatable bonds is 5. The maximum absolute atomic E-state index is 12.7. The first kappa shape index (κ1) is 19.3. The van der Waals surface area contributed by atoms with Crippen LogP contribution in [0.2, 0.25) is 0 Å². The van der Waals surface area contributed by atoms with Gasteiger partial charge in [0.25, 0.3) is 0 Å². The smallest absolute Gasteiger partial charge is 0.228 e. The van der Waals surface area contributed by atoms with Crippen molar-refractivity contribution in [3.8, 4) is 0 Å². The summed E-state index contributed by atoms with van der Waals surface area (Å²) in [6.07, 6.45) is 3.26. The Balaban J connectivity index is 1.35. The number of nitrogens with zero attached hydrogens (tertiary/aromatic N) is 4. The van der Waals surface area contributed by atoms with Crippen molar-refractivity contribution >= 4 is 49.3 Å². The summed E-state index contributed by atoms with van der Waals surface area (Å²) >= 11 is 4.89. The predicted octanol–water partition coefficient (Wildman–Crippen LogP) is 2.96. The van der Waals surface area contributed by atoms with E-state index in [0.717, 1.165) is 41.0 Å². The van der Waals surface area contributed by atoms with E-state index in [-0.39, 0.29) is 17.7 Å². The highest BCUT2D eigenvalue weighted by atomic mass is 79.9. The molecule has 1 aromatic heterocycles. The van der Waals surface area contributed by atoms with Crippen LogP contribution in [0.4, 0.5) is 10.3 Å². The van der Waals surface area contributed by atoms with E-state index in [0.29, 0.717) is 31.2 Å². The van der Waals surface area contributed by atoms with Crippen LogP contribution in [0.5, 0.6) is 0 Å². The molecule has 2 aliphatic heterocycles. The number of piperidine rings is 1. The van der Waals surface area contributed by atoms with Crippen LogP contribution in [-0.2, 0) is 16.1 Å². The lowest BCUT2D eigenvalue weighted by molar-refractivity contribution is -0.125. The molecule has 2 aliphatic rings. The van der Waals surface area contributed by atoms with E-state index in [4.69, 9.17) is 0 Å². The number of anilines is 2. The molecule has 1 atom stereocenters. The molecule has 0 spiro atoms. The maximum atomic E-state index is 12.7. The second kappa shape index (κ2) is 8.57. The zero-order chi connectivity index (χ0) is 19.5. The molecule has 2 fully saturated rings. The molecule has 1 N–H and O–H groups in total. The highest BCUT2D eigenvalue weighted by molar-refractivity contribution is 9.10. The molecule has 28 heavy (non-hydrogen) atoms. The second-order valence-corrected chi connectivity index (χ2v) is 9.00. The Morgan fingerprint density at radius 3 is 2.89 bits per heavy atom. The Bertz CT molecular complexity index is 874. The molecule has 2 amide bonds. The molecule has 2 aromatic rings. The van der Waals surface area contributed by atoms with Crippen LogP contribution in [0, 0.1) is 5.92 Å². The third kappa shape index (κ3) is 4.35. The van der Waals surface area contributed by atoms with Crippen molar-refractivity contribution in [1.82, 2.24) is 15.5 Å². The van der Waals surface area contributed by atoms with E-state index >= 15 is 0 Å². The zero-order valence-electron chi connectivity index (χ0n) is 15.4. The summed E-state index contributed by atoms with van der Waals surface area (Å²) in [5, 5.41) is 13.0. The van der Waals surface area contributed by atoms with E-state index in [2.05, 4.69) is 36.3 Å². The van der Waals surface area contributed by atoms with Crippen LogP contribution < -0.4 is 15.1 Å². The summed E-state index contributed by atoms with van der Waals surface area (Å²) in [7, 11) is 0. The summed E-state index contributed by atoms with van der Waals surface area (Å²) in [6, 6.07) is 7.94. The number of hydrogen-bond acceptors (Lipinski definition) is 6. The topological polar surface area (TPSA) is 78.4 Å². The van der Waals surface area contributed by atoms with E-state index in [1.54, 1.807) is 4.90 Å². The molecule has 148 valence electrons. The molecule has 7 nitrogen and oxygen atoms in total. The largest absolute Gasteiger partial charge is 0.352 e. The lowest BCUT2D eigenvalue weighted by Crippen LogP contribution is -2.43. The third-order valence-corrected chi connectivity index (χ3v) is 6.63. The van der Waals surface area contributed by atoms with Crippen LogP contribution >= 0.6 is 27.3 Å². The molecular weight excluding hydrogens is 442 g/mol. The van der Waals surface area contributed by atoms with Crippen LogP contribution in [0.3, 0.4) is 0 Å². The molecule has 0 aliphatic carbocycles. The molecule has 1 aromatic carbocycles. The highest BCUT2D eigenvalue weighted by Crippen LogP contribution is 2.32. The fourth-order valence-electron chi connectivity index (χ4n) is 3.64. The first-order valence-corrected chi connectivity index (χ1v) is 11.1. The van der Waals surface area contributed by atoms with Crippen molar-refractivity contribution in [2.45, 2.75) is 32.2 Å². The van der Waals surface area contributed by atoms with Crippen molar-refractivity contribution in [2.24, 2.45) is 5.92 Å². The lowest BCUT2D eigenvalue weighted by Gasteiger charge is -2.31. The molecule has 0 unspecified atom stereocenters. The van der Waals surface area contributed by atoms with Gasteiger partial charge in [-0.2, -0.15) is 0 Å². The van der Waals surface area contributed by atoms with Gasteiger partial charge in [-0.3, -0.25) is 14.5 Å². The molecule has 9 heteroatoms. The van der Waals surface area contributed by atoms with E-state index < -0.39 is 0 Å². The van der Waals surface area contributed by atoms with E-state index in [9.17, 15) is 9.59 Å². The van der Waals surface area contributed by atoms with Crippen LogP contribution in [-0.4, -0.2) is 41.6 Å². The van der Waals surface area contributed by atoms with E-state index in [1.165, 1.54) is 11.3 Å². The van der Waals surface area contributed by atoms with Crippen molar-refractivity contribution < 1.29 is 9.59 Å². The van der Waals surface area contributed by atoms with Gasteiger partial charge in [-0.05, 0) is 37.0 Å². The molecule has 0 bridgehead atoms. The Hall–Kier alpha value is -2.00.